The number of fused-ring (bicyclic) bond motifs is 3. The van der Waals surface area contributed by atoms with Gasteiger partial charge in [-0.2, -0.15) is 0 Å². The van der Waals surface area contributed by atoms with Crippen molar-refractivity contribution in [1.29, 1.82) is 0 Å². The van der Waals surface area contributed by atoms with E-state index in [0.717, 1.165) is 33.2 Å². The Morgan fingerprint density at radius 2 is 1.79 bits per heavy atom. The molecule has 0 amide bonds. The van der Waals surface area contributed by atoms with Gasteiger partial charge >= 0.3 is 0 Å². The first-order valence-electron chi connectivity index (χ1n) is 9.49. The van der Waals surface area contributed by atoms with Crippen molar-refractivity contribution in [3.63, 3.8) is 0 Å². The first-order chi connectivity index (χ1) is 14.3. The van der Waals surface area contributed by atoms with Gasteiger partial charge in [-0.05, 0) is 35.4 Å². The molecule has 0 atom stereocenters. The summed E-state index contributed by atoms with van der Waals surface area (Å²) in [7, 11) is 0. The summed E-state index contributed by atoms with van der Waals surface area (Å²) in [6.45, 7) is 0.958. The van der Waals surface area contributed by atoms with E-state index >= 15 is 0 Å². The lowest BCUT2D eigenvalue weighted by atomic mass is 10.1. The Morgan fingerprint density at radius 3 is 2.62 bits per heavy atom. The van der Waals surface area contributed by atoms with Crippen molar-refractivity contribution in [2.75, 3.05) is 0 Å². The minimum atomic E-state index is -0.0587. The van der Waals surface area contributed by atoms with Crippen molar-refractivity contribution in [2.45, 2.75) is 13.2 Å². The lowest BCUT2D eigenvalue weighted by Gasteiger charge is -2.08. The Kier molecular flexibility index (Phi) is 4.33. The molecule has 3 aromatic heterocycles. The van der Waals surface area contributed by atoms with Gasteiger partial charge in [0.2, 0.25) is 0 Å². The summed E-state index contributed by atoms with van der Waals surface area (Å²) < 4.78 is 7.79. The lowest BCUT2D eigenvalue weighted by molar-refractivity contribution is 0.310. The second kappa shape index (κ2) is 7.28. The van der Waals surface area contributed by atoms with Gasteiger partial charge in [0.15, 0.2) is 0 Å². The molecule has 5 heteroatoms. The molecule has 0 saturated carbocycles. The highest BCUT2D eigenvalue weighted by atomic mass is 16.5. The Balaban J connectivity index is 1.55. The number of H-pyrrole nitrogens is 1. The zero-order chi connectivity index (χ0) is 19.6. The third-order valence-electron chi connectivity index (χ3n) is 5.03. The Hall–Kier alpha value is -3.86. The fourth-order valence-corrected chi connectivity index (χ4v) is 3.62. The van der Waals surface area contributed by atoms with Crippen LogP contribution in [0.2, 0.25) is 0 Å². The van der Waals surface area contributed by atoms with Gasteiger partial charge in [0.1, 0.15) is 17.9 Å². The van der Waals surface area contributed by atoms with Crippen molar-refractivity contribution in [3.05, 3.63) is 107 Å². The average Bonchev–Trinajstić information content (AvgIpc) is 3.16. The Bertz CT molecular complexity index is 1340. The van der Waals surface area contributed by atoms with E-state index in [1.807, 2.05) is 72.9 Å². The van der Waals surface area contributed by atoms with Crippen LogP contribution in [0.1, 0.15) is 11.1 Å². The van der Waals surface area contributed by atoms with Crippen molar-refractivity contribution >= 4 is 21.8 Å². The van der Waals surface area contributed by atoms with E-state index in [0.29, 0.717) is 18.7 Å². The molecule has 5 nitrogen and oxygen atoms in total. The molecule has 0 radical (unpaired) electrons. The summed E-state index contributed by atoms with van der Waals surface area (Å²) >= 11 is 0. The summed E-state index contributed by atoms with van der Waals surface area (Å²) in [6, 6.07) is 21.7. The molecule has 0 aliphatic rings. The highest BCUT2D eigenvalue weighted by Gasteiger charge is 2.13. The van der Waals surface area contributed by atoms with Crippen LogP contribution in [-0.2, 0) is 13.2 Å². The lowest BCUT2D eigenvalue weighted by Crippen LogP contribution is -2.20. The van der Waals surface area contributed by atoms with Crippen LogP contribution in [-0.4, -0.2) is 14.5 Å². The zero-order valence-corrected chi connectivity index (χ0v) is 15.7. The first-order valence-corrected chi connectivity index (χ1v) is 9.49. The Morgan fingerprint density at radius 1 is 0.931 bits per heavy atom. The molecular formula is C24H19N3O2. The van der Waals surface area contributed by atoms with Gasteiger partial charge < -0.3 is 14.3 Å². The van der Waals surface area contributed by atoms with Crippen LogP contribution < -0.4 is 10.3 Å². The second-order valence-corrected chi connectivity index (χ2v) is 6.98. The van der Waals surface area contributed by atoms with Gasteiger partial charge in [-0.1, -0.05) is 42.5 Å². The largest absolute Gasteiger partial charge is 0.488 e. The predicted molar refractivity (Wildman–Crippen MR) is 114 cm³/mol. The summed E-state index contributed by atoms with van der Waals surface area (Å²) in [5.41, 5.74) is 3.50. The van der Waals surface area contributed by atoms with Crippen molar-refractivity contribution in [2.24, 2.45) is 0 Å². The molecule has 0 bridgehead atoms. The van der Waals surface area contributed by atoms with Gasteiger partial charge in [0.25, 0.3) is 5.56 Å². The van der Waals surface area contributed by atoms with E-state index < -0.39 is 0 Å². The molecule has 5 aromatic rings. The topological polar surface area (TPSA) is 59.9 Å². The van der Waals surface area contributed by atoms with Gasteiger partial charge in [0.05, 0.1) is 12.1 Å². The fraction of sp³-hybridized carbons (Fsp3) is 0.0833. The molecule has 1 N–H and O–H groups in total. The second-order valence-electron chi connectivity index (χ2n) is 6.98. The minimum Gasteiger partial charge on any atom is -0.488 e. The van der Waals surface area contributed by atoms with Gasteiger partial charge in [0, 0.05) is 29.4 Å². The SMILES string of the molecule is O=c1c2[nH]c3cccc(OCc4ccccc4)c3c2ccn1Cc1cccnc1. The van der Waals surface area contributed by atoms with Crippen LogP contribution in [0.3, 0.4) is 0 Å². The number of ether oxygens (including phenoxy) is 1. The highest BCUT2D eigenvalue weighted by molar-refractivity contribution is 6.10. The zero-order valence-electron chi connectivity index (χ0n) is 15.7. The maximum Gasteiger partial charge on any atom is 0.275 e. The van der Waals surface area contributed by atoms with Crippen molar-refractivity contribution < 1.29 is 4.74 Å². The van der Waals surface area contributed by atoms with Crippen LogP contribution >= 0.6 is 0 Å². The van der Waals surface area contributed by atoms with Crippen molar-refractivity contribution in [1.82, 2.24) is 14.5 Å². The molecule has 2 aromatic carbocycles. The standard InChI is InChI=1S/C24H19N3O2/c28-24-23-19(11-13-27(24)15-18-8-5-12-25-14-18)22-20(26-23)9-4-10-21(22)29-16-17-6-2-1-3-7-17/h1-14,26H,15-16H2. The molecule has 29 heavy (non-hydrogen) atoms. The van der Waals surface area contributed by atoms with E-state index in [4.69, 9.17) is 4.74 Å². The van der Waals surface area contributed by atoms with Crippen LogP contribution in [0.4, 0.5) is 0 Å². The predicted octanol–water partition coefficient (Wildman–Crippen LogP) is 4.51. The molecule has 0 saturated heterocycles. The number of hydrogen-bond acceptors (Lipinski definition) is 3. The van der Waals surface area contributed by atoms with Gasteiger partial charge in [-0.3, -0.25) is 9.78 Å². The third kappa shape index (κ3) is 3.27. The first kappa shape index (κ1) is 17.3. The molecule has 0 aliphatic heterocycles. The molecule has 0 aliphatic carbocycles. The number of pyridine rings is 2. The van der Waals surface area contributed by atoms with Crippen molar-refractivity contribution in [3.8, 4) is 5.75 Å². The molecular weight excluding hydrogens is 362 g/mol. The van der Waals surface area contributed by atoms with E-state index in [9.17, 15) is 4.79 Å². The number of nitrogens with one attached hydrogen (secondary N) is 1. The highest BCUT2D eigenvalue weighted by Crippen LogP contribution is 2.32. The van der Waals surface area contributed by atoms with Gasteiger partial charge in [-0.15, -0.1) is 0 Å². The third-order valence-corrected chi connectivity index (χ3v) is 5.03. The quantitative estimate of drug-likeness (QED) is 0.487. The van der Waals surface area contributed by atoms with E-state index in [2.05, 4.69) is 9.97 Å². The molecule has 0 unspecified atom stereocenters. The number of nitrogens with zero attached hydrogens (tertiary/aromatic N) is 2. The minimum absolute atomic E-state index is 0.0587. The number of benzene rings is 2. The van der Waals surface area contributed by atoms with Crippen LogP contribution in [0.15, 0.2) is 90.1 Å². The van der Waals surface area contributed by atoms with Crippen LogP contribution in [0, 0.1) is 0 Å². The van der Waals surface area contributed by atoms with E-state index in [-0.39, 0.29) is 5.56 Å². The smallest absolute Gasteiger partial charge is 0.275 e. The molecule has 5 rings (SSSR count). The average molecular weight is 381 g/mol. The number of hydrogen-bond donors (Lipinski definition) is 1. The molecule has 0 fully saturated rings. The van der Waals surface area contributed by atoms with E-state index in [1.165, 1.54) is 0 Å². The normalized spacial score (nSPS) is 11.2. The van der Waals surface area contributed by atoms with Crippen LogP contribution in [0.25, 0.3) is 21.8 Å². The maximum absolute atomic E-state index is 13.1. The van der Waals surface area contributed by atoms with Gasteiger partial charge in [-0.25, -0.2) is 0 Å². The maximum atomic E-state index is 13.1. The fourth-order valence-electron chi connectivity index (χ4n) is 3.62. The summed E-state index contributed by atoms with van der Waals surface area (Å²) in [5, 5.41) is 1.81. The molecule has 3 heterocycles. The van der Waals surface area contributed by atoms with Crippen LogP contribution in [0.5, 0.6) is 5.75 Å². The number of rotatable bonds is 5. The van der Waals surface area contributed by atoms with E-state index in [1.54, 1.807) is 17.0 Å². The number of aromatic amines is 1. The summed E-state index contributed by atoms with van der Waals surface area (Å²) in [6.07, 6.45) is 5.33. The monoisotopic (exact) mass is 381 g/mol. The number of aromatic nitrogens is 3. The molecule has 0 spiro atoms. The molecule has 142 valence electrons. The summed E-state index contributed by atoms with van der Waals surface area (Å²) in [4.78, 5) is 20.5. The Labute approximate surface area is 167 Å². The summed E-state index contributed by atoms with van der Waals surface area (Å²) in [5.74, 6) is 0.766.